The van der Waals surface area contributed by atoms with Crippen molar-refractivity contribution in [1.82, 2.24) is 4.90 Å². The molecule has 0 saturated carbocycles. The summed E-state index contributed by atoms with van der Waals surface area (Å²) in [7, 11) is 1.42. The quantitative estimate of drug-likeness (QED) is 0.585. The predicted octanol–water partition coefficient (Wildman–Crippen LogP) is 4.09. The van der Waals surface area contributed by atoms with Crippen molar-refractivity contribution in [3.63, 3.8) is 0 Å². The van der Waals surface area contributed by atoms with Crippen molar-refractivity contribution < 1.29 is 9.53 Å². The van der Waals surface area contributed by atoms with Crippen LogP contribution in [0.15, 0.2) is 59.5 Å². The van der Waals surface area contributed by atoms with E-state index in [0.29, 0.717) is 5.56 Å². The molecule has 0 aliphatic carbocycles. The summed E-state index contributed by atoms with van der Waals surface area (Å²) in [6, 6.07) is 18.4. The van der Waals surface area contributed by atoms with E-state index in [-0.39, 0.29) is 5.97 Å². The molecule has 0 amide bonds. The Balaban J connectivity index is 1.50. The van der Waals surface area contributed by atoms with Crippen molar-refractivity contribution in [3.05, 3.63) is 65.7 Å². The van der Waals surface area contributed by atoms with Crippen molar-refractivity contribution in [2.45, 2.75) is 17.9 Å². The SMILES string of the molecule is COC(=O)c1cccc(CN2CCC(CSc3ccccc3)C2)c1. The van der Waals surface area contributed by atoms with Crippen molar-refractivity contribution in [3.8, 4) is 0 Å². The minimum absolute atomic E-state index is 0.268. The first-order valence-corrected chi connectivity index (χ1v) is 9.30. The highest BCUT2D eigenvalue weighted by atomic mass is 32.2. The maximum absolute atomic E-state index is 11.6. The molecule has 2 aromatic carbocycles. The average molecular weight is 341 g/mol. The molecule has 1 unspecified atom stereocenters. The lowest BCUT2D eigenvalue weighted by molar-refractivity contribution is 0.0600. The smallest absolute Gasteiger partial charge is 0.337 e. The van der Waals surface area contributed by atoms with Crippen LogP contribution < -0.4 is 0 Å². The summed E-state index contributed by atoms with van der Waals surface area (Å²) in [5.41, 5.74) is 1.81. The molecule has 0 N–H and O–H groups in total. The third-order valence-electron chi connectivity index (χ3n) is 4.35. The standard InChI is InChI=1S/C20H23NO2S/c1-23-20(22)18-7-5-6-16(12-18)13-21-11-10-17(14-21)15-24-19-8-3-2-4-9-19/h2-9,12,17H,10-11,13-15H2,1H3. The predicted molar refractivity (Wildman–Crippen MR) is 98.3 cm³/mol. The Kier molecular flexibility index (Phi) is 5.94. The van der Waals surface area contributed by atoms with Crippen LogP contribution in [0, 0.1) is 5.92 Å². The zero-order chi connectivity index (χ0) is 16.8. The Labute approximate surface area is 148 Å². The second-order valence-corrected chi connectivity index (χ2v) is 7.30. The second kappa shape index (κ2) is 8.36. The van der Waals surface area contributed by atoms with Crippen molar-refractivity contribution in [2.75, 3.05) is 26.0 Å². The fourth-order valence-electron chi connectivity index (χ4n) is 3.10. The highest BCUT2D eigenvalue weighted by Gasteiger charge is 2.22. The molecule has 2 aromatic rings. The fourth-order valence-corrected chi connectivity index (χ4v) is 4.15. The first-order valence-electron chi connectivity index (χ1n) is 8.32. The molecule has 0 radical (unpaired) electrons. The first kappa shape index (κ1) is 17.1. The monoisotopic (exact) mass is 341 g/mol. The number of carbonyl (C=O) groups excluding carboxylic acids is 1. The minimum Gasteiger partial charge on any atom is -0.465 e. The first-order chi connectivity index (χ1) is 11.7. The summed E-state index contributed by atoms with van der Waals surface area (Å²) in [6.07, 6.45) is 1.25. The Hall–Kier alpha value is -1.78. The number of hydrogen-bond acceptors (Lipinski definition) is 4. The number of likely N-dealkylation sites (tertiary alicyclic amines) is 1. The molecule has 1 heterocycles. The number of thioether (sulfide) groups is 1. The third kappa shape index (κ3) is 4.62. The van der Waals surface area contributed by atoms with Crippen LogP contribution in [-0.4, -0.2) is 36.8 Å². The lowest BCUT2D eigenvalue weighted by Crippen LogP contribution is -2.20. The van der Waals surface area contributed by atoms with Crippen LogP contribution in [0.25, 0.3) is 0 Å². The van der Waals surface area contributed by atoms with Crippen LogP contribution in [0.1, 0.15) is 22.3 Å². The number of nitrogens with zero attached hydrogens (tertiary/aromatic N) is 1. The van der Waals surface area contributed by atoms with Crippen LogP contribution in [0.4, 0.5) is 0 Å². The Morgan fingerprint density at radius 2 is 2.04 bits per heavy atom. The van der Waals surface area contributed by atoms with Gasteiger partial charge in [-0.1, -0.05) is 30.3 Å². The van der Waals surface area contributed by atoms with Gasteiger partial charge in [0.05, 0.1) is 12.7 Å². The number of esters is 1. The highest BCUT2D eigenvalue weighted by Crippen LogP contribution is 2.26. The minimum atomic E-state index is -0.268. The molecule has 3 rings (SSSR count). The number of rotatable bonds is 6. The van der Waals surface area contributed by atoms with Gasteiger partial charge in [-0.05, 0) is 48.7 Å². The van der Waals surface area contributed by atoms with Crippen LogP contribution in [0.2, 0.25) is 0 Å². The Morgan fingerprint density at radius 3 is 2.83 bits per heavy atom. The Morgan fingerprint density at radius 1 is 1.21 bits per heavy atom. The molecule has 1 atom stereocenters. The zero-order valence-corrected chi connectivity index (χ0v) is 14.8. The van der Waals surface area contributed by atoms with Crippen LogP contribution >= 0.6 is 11.8 Å². The van der Waals surface area contributed by atoms with E-state index in [1.165, 1.54) is 29.7 Å². The number of ether oxygens (including phenoxy) is 1. The van der Waals surface area contributed by atoms with Gasteiger partial charge in [-0.15, -0.1) is 11.8 Å². The number of methoxy groups -OCH3 is 1. The molecule has 1 saturated heterocycles. The molecule has 0 bridgehead atoms. The largest absolute Gasteiger partial charge is 0.465 e. The maximum Gasteiger partial charge on any atom is 0.337 e. The van der Waals surface area contributed by atoms with E-state index in [4.69, 9.17) is 4.74 Å². The van der Waals surface area contributed by atoms with Gasteiger partial charge in [0.25, 0.3) is 0 Å². The topological polar surface area (TPSA) is 29.5 Å². The molecule has 3 nitrogen and oxygen atoms in total. The van der Waals surface area contributed by atoms with Crippen LogP contribution in [0.5, 0.6) is 0 Å². The van der Waals surface area contributed by atoms with Gasteiger partial charge in [0.15, 0.2) is 0 Å². The van der Waals surface area contributed by atoms with E-state index in [0.717, 1.165) is 25.6 Å². The summed E-state index contributed by atoms with van der Waals surface area (Å²) in [6.45, 7) is 3.15. The van der Waals surface area contributed by atoms with Gasteiger partial charge in [0.1, 0.15) is 0 Å². The average Bonchev–Trinajstić information content (AvgIpc) is 3.08. The number of carbonyl (C=O) groups is 1. The van der Waals surface area contributed by atoms with E-state index in [9.17, 15) is 4.79 Å². The second-order valence-electron chi connectivity index (χ2n) is 6.21. The van der Waals surface area contributed by atoms with Crippen molar-refractivity contribution >= 4 is 17.7 Å². The number of benzene rings is 2. The molecular formula is C20H23NO2S. The van der Waals surface area contributed by atoms with Gasteiger partial charge in [-0.2, -0.15) is 0 Å². The highest BCUT2D eigenvalue weighted by molar-refractivity contribution is 7.99. The summed E-state index contributed by atoms with van der Waals surface area (Å²) in [4.78, 5) is 15.5. The van der Waals surface area contributed by atoms with E-state index in [2.05, 4.69) is 41.3 Å². The lowest BCUT2D eigenvalue weighted by Gasteiger charge is -2.16. The summed E-state index contributed by atoms with van der Waals surface area (Å²) >= 11 is 1.95. The van der Waals surface area contributed by atoms with Crippen molar-refractivity contribution in [2.24, 2.45) is 5.92 Å². The van der Waals surface area contributed by atoms with E-state index in [1.54, 1.807) is 6.07 Å². The van der Waals surface area contributed by atoms with E-state index >= 15 is 0 Å². The summed E-state index contributed by atoms with van der Waals surface area (Å²) in [5.74, 6) is 1.64. The Bertz CT molecular complexity index is 674. The number of hydrogen-bond donors (Lipinski definition) is 0. The summed E-state index contributed by atoms with van der Waals surface area (Å²) in [5, 5.41) is 0. The maximum atomic E-state index is 11.6. The molecule has 1 aliphatic heterocycles. The van der Waals surface area contributed by atoms with E-state index < -0.39 is 0 Å². The van der Waals surface area contributed by atoms with Crippen molar-refractivity contribution in [1.29, 1.82) is 0 Å². The lowest BCUT2D eigenvalue weighted by atomic mass is 10.1. The molecule has 24 heavy (non-hydrogen) atoms. The van der Waals surface area contributed by atoms with Gasteiger partial charge in [0.2, 0.25) is 0 Å². The molecular weight excluding hydrogens is 318 g/mol. The molecule has 0 aromatic heterocycles. The fraction of sp³-hybridized carbons (Fsp3) is 0.350. The zero-order valence-electron chi connectivity index (χ0n) is 14.0. The van der Waals surface area contributed by atoms with Gasteiger partial charge < -0.3 is 4.74 Å². The third-order valence-corrected chi connectivity index (χ3v) is 5.60. The van der Waals surface area contributed by atoms with Crippen LogP contribution in [0.3, 0.4) is 0 Å². The van der Waals surface area contributed by atoms with Gasteiger partial charge in [0, 0.05) is 23.7 Å². The van der Waals surface area contributed by atoms with Gasteiger partial charge >= 0.3 is 5.97 Å². The van der Waals surface area contributed by atoms with Gasteiger partial charge in [-0.3, -0.25) is 4.90 Å². The summed E-state index contributed by atoms with van der Waals surface area (Å²) < 4.78 is 4.80. The molecule has 1 aliphatic rings. The molecule has 0 spiro atoms. The van der Waals surface area contributed by atoms with Gasteiger partial charge in [-0.25, -0.2) is 4.79 Å². The molecule has 4 heteroatoms. The molecule has 126 valence electrons. The van der Waals surface area contributed by atoms with Crippen LogP contribution in [-0.2, 0) is 11.3 Å². The normalized spacial score (nSPS) is 17.8. The van der Waals surface area contributed by atoms with E-state index in [1.807, 2.05) is 23.9 Å². The molecule has 1 fully saturated rings.